The molecule has 0 saturated heterocycles. The van der Waals surface area contributed by atoms with Crippen molar-refractivity contribution in [2.75, 3.05) is 44.6 Å². The summed E-state index contributed by atoms with van der Waals surface area (Å²) in [5.74, 6) is 0.562. The Balaban J connectivity index is 2.69. The number of anilines is 2. The summed E-state index contributed by atoms with van der Waals surface area (Å²) in [5.41, 5.74) is 5.63. The third-order valence-corrected chi connectivity index (χ3v) is 3.12. The number of hydrogen-bond donors (Lipinski definition) is 1. The molecule has 0 bridgehead atoms. The summed E-state index contributed by atoms with van der Waals surface area (Å²) in [6.45, 7) is 4.26. The van der Waals surface area contributed by atoms with Gasteiger partial charge in [0.2, 0.25) is 0 Å². The molecule has 1 atom stereocenters. The average Bonchev–Trinajstić information content (AvgIpc) is 2.66. The Bertz CT molecular complexity index is 306. The Labute approximate surface area is 100 Å². The van der Waals surface area contributed by atoms with Crippen molar-refractivity contribution in [3.8, 4) is 0 Å². The molecular formula is C10H19N3O2S. The first-order valence-electron chi connectivity index (χ1n) is 5.15. The number of methoxy groups -OCH3 is 2. The molecule has 0 aliphatic heterocycles. The van der Waals surface area contributed by atoms with E-state index in [0.29, 0.717) is 19.0 Å². The molecule has 0 aliphatic rings. The van der Waals surface area contributed by atoms with Gasteiger partial charge in [-0.15, -0.1) is 0 Å². The molecule has 2 N–H and O–H groups in total. The van der Waals surface area contributed by atoms with Crippen LogP contribution < -0.4 is 10.6 Å². The summed E-state index contributed by atoms with van der Waals surface area (Å²) in [6, 6.07) is 2.16. The van der Waals surface area contributed by atoms with E-state index in [9.17, 15) is 0 Å². The van der Waals surface area contributed by atoms with Gasteiger partial charge in [0, 0.05) is 26.8 Å². The number of nitrogens with zero attached hydrogens (tertiary/aromatic N) is 2. The number of nitrogens with two attached hydrogens (primary N) is 1. The highest BCUT2D eigenvalue weighted by atomic mass is 32.1. The smallest absolute Gasteiger partial charge is 0.139 e. The van der Waals surface area contributed by atoms with Gasteiger partial charge < -0.3 is 20.1 Å². The molecule has 0 saturated carbocycles. The van der Waals surface area contributed by atoms with E-state index < -0.39 is 0 Å². The molecule has 1 unspecified atom stereocenters. The van der Waals surface area contributed by atoms with Gasteiger partial charge >= 0.3 is 0 Å². The van der Waals surface area contributed by atoms with E-state index in [1.807, 2.05) is 6.07 Å². The predicted octanol–water partition coefficient (Wildman–Crippen LogP) is 1.21. The lowest BCUT2D eigenvalue weighted by Crippen LogP contribution is -2.38. The van der Waals surface area contributed by atoms with Crippen LogP contribution in [0.3, 0.4) is 0 Å². The molecule has 0 amide bonds. The van der Waals surface area contributed by atoms with Crippen LogP contribution in [0.15, 0.2) is 6.07 Å². The fourth-order valence-corrected chi connectivity index (χ4v) is 2.28. The van der Waals surface area contributed by atoms with Crippen molar-refractivity contribution in [3.63, 3.8) is 0 Å². The van der Waals surface area contributed by atoms with E-state index in [2.05, 4.69) is 16.2 Å². The summed E-state index contributed by atoms with van der Waals surface area (Å²) in [7, 11) is 3.40. The molecule has 5 nitrogen and oxygen atoms in total. The van der Waals surface area contributed by atoms with Crippen LogP contribution >= 0.6 is 11.5 Å². The van der Waals surface area contributed by atoms with Crippen LogP contribution in [0.5, 0.6) is 0 Å². The zero-order valence-electron chi connectivity index (χ0n) is 9.97. The molecule has 0 fully saturated rings. The van der Waals surface area contributed by atoms with E-state index in [-0.39, 0.29) is 6.04 Å². The molecule has 6 heteroatoms. The number of ether oxygens (including phenoxy) is 2. The first kappa shape index (κ1) is 13.2. The Kier molecular flexibility index (Phi) is 5.51. The highest BCUT2D eigenvalue weighted by molar-refractivity contribution is 7.10. The van der Waals surface area contributed by atoms with Gasteiger partial charge in [0.25, 0.3) is 0 Å². The van der Waals surface area contributed by atoms with E-state index >= 15 is 0 Å². The standard InChI is InChI=1S/C10H19N3O2S/c1-8(7-15-3)13(4-5-14-2)10-6-9(11)12-16-10/h6,8H,4-5,7H2,1-3H3,(H2,11,12). The summed E-state index contributed by atoms with van der Waals surface area (Å²) < 4.78 is 14.3. The predicted molar refractivity (Wildman–Crippen MR) is 67.1 cm³/mol. The second-order valence-corrected chi connectivity index (χ2v) is 4.36. The number of nitrogen functional groups attached to an aromatic ring is 1. The first-order valence-corrected chi connectivity index (χ1v) is 5.93. The zero-order chi connectivity index (χ0) is 12.0. The van der Waals surface area contributed by atoms with Crippen LogP contribution in [-0.4, -0.2) is 44.4 Å². The largest absolute Gasteiger partial charge is 0.383 e. The summed E-state index contributed by atoms with van der Waals surface area (Å²) >= 11 is 1.40. The molecule has 92 valence electrons. The van der Waals surface area contributed by atoms with Gasteiger partial charge in [-0.25, -0.2) is 0 Å². The molecular weight excluding hydrogens is 226 g/mol. The SMILES string of the molecule is COCCN(c1cc(N)ns1)C(C)COC. The minimum Gasteiger partial charge on any atom is -0.383 e. The van der Waals surface area contributed by atoms with Crippen LogP contribution in [0.2, 0.25) is 0 Å². The van der Waals surface area contributed by atoms with Crippen LogP contribution in [0.1, 0.15) is 6.92 Å². The van der Waals surface area contributed by atoms with Gasteiger partial charge in [0.15, 0.2) is 0 Å². The average molecular weight is 245 g/mol. The van der Waals surface area contributed by atoms with Crippen molar-refractivity contribution in [1.82, 2.24) is 4.37 Å². The van der Waals surface area contributed by atoms with E-state index in [4.69, 9.17) is 15.2 Å². The first-order chi connectivity index (χ1) is 7.69. The minimum atomic E-state index is 0.278. The van der Waals surface area contributed by atoms with E-state index in [0.717, 1.165) is 11.5 Å². The maximum Gasteiger partial charge on any atom is 0.139 e. The molecule has 1 heterocycles. The normalized spacial score (nSPS) is 12.7. The van der Waals surface area contributed by atoms with Crippen molar-refractivity contribution in [2.45, 2.75) is 13.0 Å². The maximum atomic E-state index is 5.63. The highest BCUT2D eigenvalue weighted by Gasteiger charge is 2.16. The van der Waals surface area contributed by atoms with Gasteiger partial charge in [-0.05, 0) is 18.5 Å². The number of aromatic nitrogens is 1. The lowest BCUT2D eigenvalue weighted by atomic mass is 10.3. The van der Waals surface area contributed by atoms with Crippen molar-refractivity contribution < 1.29 is 9.47 Å². The minimum absolute atomic E-state index is 0.278. The second kappa shape index (κ2) is 6.67. The van der Waals surface area contributed by atoms with Gasteiger partial charge in [-0.3, -0.25) is 0 Å². The quantitative estimate of drug-likeness (QED) is 0.782. The van der Waals surface area contributed by atoms with Crippen molar-refractivity contribution in [2.24, 2.45) is 0 Å². The highest BCUT2D eigenvalue weighted by Crippen LogP contribution is 2.24. The molecule has 1 rings (SSSR count). The topological polar surface area (TPSA) is 60.6 Å². The lowest BCUT2D eigenvalue weighted by molar-refractivity contribution is 0.171. The zero-order valence-corrected chi connectivity index (χ0v) is 10.8. The summed E-state index contributed by atoms with van der Waals surface area (Å²) in [5, 5.41) is 1.05. The third kappa shape index (κ3) is 3.62. The van der Waals surface area contributed by atoms with E-state index in [1.165, 1.54) is 11.5 Å². The Morgan fingerprint density at radius 1 is 1.50 bits per heavy atom. The molecule has 1 aromatic rings. The maximum absolute atomic E-state index is 5.63. The van der Waals surface area contributed by atoms with Crippen LogP contribution in [0.25, 0.3) is 0 Å². The monoisotopic (exact) mass is 245 g/mol. The fraction of sp³-hybridized carbons (Fsp3) is 0.700. The van der Waals surface area contributed by atoms with Crippen molar-refractivity contribution in [3.05, 3.63) is 6.07 Å². The lowest BCUT2D eigenvalue weighted by Gasteiger charge is -2.28. The molecule has 0 radical (unpaired) electrons. The van der Waals surface area contributed by atoms with Gasteiger partial charge in [-0.1, -0.05) is 0 Å². The third-order valence-electron chi connectivity index (χ3n) is 2.28. The molecule has 1 aromatic heterocycles. The second-order valence-electron chi connectivity index (χ2n) is 3.58. The van der Waals surface area contributed by atoms with Gasteiger partial charge in [0.05, 0.1) is 19.3 Å². The Morgan fingerprint density at radius 2 is 2.25 bits per heavy atom. The summed E-state index contributed by atoms with van der Waals surface area (Å²) in [4.78, 5) is 2.20. The van der Waals surface area contributed by atoms with Gasteiger partial charge in [0.1, 0.15) is 10.8 Å². The molecule has 16 heavy (non-hydrogen) atoms. The number of hydrogen-bond acceptors (Lipinski definition) is 6. The Morgan fingerprint density at radius 3 is 2.75 bits per heavy atom. The number of rotatable bonds is 7. The summed E-state index contributed by atoms with van der Waals surface area (Å²) in [6.07, 6.45) is 0. The van der Waals surface area contributed by atoms with Crippen LogP contribution in [-0.2, 0) is 9.47 Å². The van der Waals surface area contributed by atoms with Crippen LogP contribution in [0.4, 0.5) is 10.8 Å². The molecule has 0 aromatic carbocycles. The van der Waals surface area contributed by atoms with Gasteiger partial charge in [-0.2, -0.15) is 4.37 Å². The van der Waals surface area contributed by atoms with Crippen LogP contribution in [0, 0.1) is 0 Å². The Hall–Kier alpha value is -0.850. The fourth-order valence-electron chi connectivity index (χ4n) is 1.48. The molecule has 0 spiro atoms. The van der Waals surface area contributed by atoms with Crippen molar-refractivity contribution in [1.29, 1.82) is 0 Å². The van der Waals surface area contributed by atoms with E-state index in [1.54, 1.807) is 14.2 Å². The molecule has 0 aliphatic carbocycles. The van der Waals surface area contributed by atoms with Crippen molar-refractivity contribution >= 4 is 22.4 Å².